The van der Waals surface area contributed by atoms with E-state index < -0.39 is 0 Å². The molecule has 1 heterocycles. The monoisotopic (exact) mass is 441 g/mol. The highest BCUT2D eigenvalue weighted by Crippen LogP contribution is 2.31. The van der Waals surface area contributed by atoms with E-state index in [4.69, 9.17) is 18.6 Å². The first kappa shape index (κ1) is 24.1. The summed E-state index contributed by atoms with van der Waals surface area (Å²) in [7, 11) is 1.65. The first-order valence-corrected chi connectivity index (χ1v) is 11.6. The van der Waals surface area contributed by atoms with Crippen LogP contribution >= 0.6 is 0 Å². The van der Waals surface area contributed by atoms with Gasteiger partial charge < -0.3 is 18.6 Å². The van der Waals surface area contributed by atoms with E-state index in [-0.39, 0.29) is 12.1 Å². The molecule has 1 aromatic carbocycles. The van der Waals surface area contributed by atoms with Crippen LogP contribution in [0.3, 0.4) is 0 Å². The van der Waals surface area contributed by atoms with E-state index in [0.29, 0.717) is 31.4 Å². The summed E-state index contributed by atoms with van der Waals surface area (Å²) in [5.74, 6) is 2.47. The van der Waals surface area contributed by atoms with Gasteiger partial charge in [-0.1, -0.05) is 25.5 Å². The van der Waals surface area contributed by atoms with Crippen molar-refractivity contribution in [2.24, 2.45) is 5.92 Å². The Balaban J connectivity index is 1.55. The van der Waals surface area contributed by atoms with Gasteiger partial charge in [-0.2, -0.15) is 0 Å². The van der Waals surface area contributed by atoms with Crippen molar-refractivity contribution < 1.29 is 23.4 Å². The molecule has 0 bridgehead atoms. The quantitative estimate of drug-likeness (QED) is 0.331. The number of hydrogen-bond acceptors (Lipinski definition) is 6. The predicted molar refractivity (Wildman–Crippen MR) is 123 cm³/mol. The van der Waals surface area contributed by atoms with E-state index in [9.17, 15) is 4.79 Å². The third-order valence-corrected chi connectivity index (χ3v) is 6.02. The van der Waals surface area contributed by atoms with Crippen molar-refractivity contribution in [1.29, 1.82) is 0 Å². The van der Waals surface area contributed by atoms with Crippen LogP contribution in [-0.4, -0.2) is 30.8 Å². The lowest BCUT2D eigenvalue weighted by molar-refractivity contribution is -0.138. The fourth-order valence-electron chi connectivity index (χ4n) is 4.15. The Morgan fingerprint density at radius 2 is 2.12 bits per heavy atom. The van der Waals surface area contributed by atoms with Crippen molar-refractivity contribution in [1.82, 2.24) is 4.98 Å². The number of carbonyl (C=O) groups is 1. The highest BCUT2D eigenvalue weighted by Gasteiger charge is 2.23. The molecule has 0 radical (unpaired) electrons. The highest BCUT2D eigenvalue weighted by atomic mass is 16.5. The number of hydrogen-bond donors (Lipinski definition) is 0. The largest absolute Gasteiger partial charge is 0.497 e. The van der Waals surface area contributed by atoms with Crippen LogP contribution in [0.1, 0.15) is 63.8 Å². The molecule has 2 aromatic rings. The molecule has 0 aliphatic heterocycles. The standard InChI is InChI=1S/C26H35NO5/c1-5-20(26(28)30-6-2)14-13-19-9-7-12-23(15-19)31-17-24-18(3)32-25(27-24)21-10-8-11-22(16-21)29-4/h8,10-11,14,16,19,23H,5-7,9,12-13,15,17H2,1-4H3/b20-14+/t19-,23-/m1/s1. The summed E-state index contributed by atoms with van der Waals surface area (Å²) in [6.45, 7) is 6.61. The maximum absolute atomic E-state index is 12.0. The minimum absolute atomic E-state index is 0.188. The number of oxazole rings is 1. The number of esters is 1. The van der Waals surface area contributed by atoms with Gasteiger partial charge in [0.25, 0.3) is 0 Å². The third-order valence-electron chi connectivity index (χ3n) is 6.02. The van der Waals surface area contributed by atoms with Crippen molar-refractivity contribution in [3.63, 3.8) is 0 Å². The summed E-state index contributed by atoms with van der Waals surface area (Å²) in [4.78, 5) is 16.7. The average molecular weight is 442 g/mol. The van der Waals surface area contributed by atoms with Gasteiger partial charge in [-0.25, -0.2) is 9.78 Å². The Kier molecular flexibility index (Phi) is 8.91. The van der Waals surface area contributed by atoms with Crippen LogP contribution in [0.4, 0.5) is 0 Å². The number of allylic oxidation sites excluding steroid dienone is 1. The van der Waals surface area contributed by atoms with E-state index in [0.717, 1.165) is 54.0 Å². The minimum Gasteiger partial charge on any atom is -0.497 e. The van der Waals surface area contributed by atoms with Gasteiger partial charge in [0.15, 0.2) is 0 Å². The molecule has 0 unspecified atom stereocenters. The van der Waals surface area contributed by atoms with Gasteiger partial charge in [0, 0.05) is 11.1 Å². The number of aryl methyl sites for hydroxylation is 1. The number of aromatic nitrogens is 1. The molecule has 3 rings (SSSR count). The zero-order chi connectivity index (χ0) is 22.9. The smallest absolute Gasteiger partial charge is 0.333 e. The van der Waals surface area contributed by atoms with Gasteiger partial charge in [0.1, 0.15) is 17.2 Å². The summed E-state index contributed by atoms with van der Waals surface area (Å²) in [6, 6.07) is 7.69. The topological polar surface area (TPSA) is 70.8 Å². The zero-order valence-electron chi connectivity index (χ0n) is 19.7. The summed E-state index contributed by atoms with van der Waals surface area (Å²) < 4.78 is 22.6. The number of nitrogens with zero attached hydrogens (tertiary/aromatic N) is 1. The van der Waals surface area contributed by atoms with Gasteiger partial charge in [-0.15, -0.1) is 0 Å². The number of methoxy groups -OCH3 is 1. The lowest BCUT2D eigenvalue weighted by Gasteiger charge is -2.28. The van der Waals surface area contributed by atoms with Crippen molar-refractivity contribution in [3.8, 4) is 17.2 Å². The van der Waals surface area contributed by atoms with E-state index in [1.54, 1.807) is 7.11 Å². The number of rotatable bonds is 10. The molecular formula is C26H35NO5. The second-order valence-electron chi connectivity index (χ2n) is 8.26. The molecule has 0 N–H and O–H groups in total. The zero-order valence-corrected chi connectivity index (χ0v) is 19.7. The van der Waals surface area contributed by atoms with E-state index in [2.05, 4.69) is 11.1 Å². The van der Waals surface area contributed by atoms with Crippen molar-refractivity contribution in [2.45, 2.75) is 72.0 Å². The fourth-order valence-corrected chi connectivity index (χ4v) is 4.15. The van der Waals surface area contributed by atoms with Gasteiger partial charge in [-0.05, 0) is 70.1 Å². The number of ether oxygens (including phenoxy) is 3. The van der Waals surface area contributed by atoms with Crippen molar-refractivity contribution in [2.75, 3.05) is 13.7 Å². The molecule has 6 heteroatoms. The summed E-state index contributed by atoms with van der Waals surface area (Å²) in [5.41, 5.74) is 2.50. The number of benzene rings is 1. The SMILES string of the molecule is CCOC(=O)/C(=C/C[C@H]1CCC[C@@H](OCc2nc(-c3cccc(OC)c3)oc2C)C1)CC. The van der Waals surface area contributed by atoms with Crippen LogP contribution in [0.15, 0.2) is 40.3 Å². The molecule has 174 valence electrons. The first-order chi connectivity index (χ1) is 15.5. The molecule has 2 atom stereocenters. The van der Waals surface area contributed by atoms with Gasteiger partial charge in [0.2, 0.25) is 5.89 Å². The van der Waals surface area contributed by atoms with Crippen LogP contribution in [-0.2, 0) is 20.9 Å². The molecule has 0 spiro atoms. The summed E-state index contributed by atoms with van der Waals surface area (Å²) >= 11 is 0. The van der Waals surface area contributed by atoms with E-state index in [1.165, 1.54) is 6.42 Å². The van der Waals surface area contributed by atoms with E-state index >= 15 is 0 Å². The molecule has 1 aliphatic rings. The van der Waals surface area contributed by atoms with Crippen LogP contribution < -0.4 is 4.74 Å². The molecule has 1 aromatic heterocycles. The van der Waals surface area contributed by atoms with Gasteiger partial charge in [-0.3, -0.25) is 0 Å². The fraction of sp³-hybridized carbons (Fsp3) is 0.538. The molecular weight excluding hydrogens is 406 g/mol. The molecule has 0 amide bonds. The van der Waals surface area contributed by atoms with Crippen LogP contribution in [0.2, 0.25) is 0 Å². The van der Waals surface area contributed by atoms with Crippen molar-refractivity contribution >= 4 is 5.97 Å². The maximum Gasteiger partial charge on any atom is 0.333 e. The molecule has 1 aliphatic carbocycles. The van der Waals surface area contributed by atoms with Crippen LogP contribution in [0.5, 0.6) is 5.75 Å². The van der Waals surface area contributed by atoms with Crippen LogP contribution in [0.25, 0.3) is 11.5 Å². The molecule has 1 fully saturated rings. The normalized spacial score (nSPS) is 19.1. The van der Waals surface area contributed by atoms with Crippen LogP contribution in [0, 0.1) is 12.8 Å². The third kappa shape index (κ3) is 6.45. The molecule has 1 saturated carbocycles. The molecule has 6 nitrogen and oxygen atoms in total. The Labute approximate surface area is 191 Å². The lowest BCUT2D eigenvalue weighted by atomic mass is 9.84. The van der Waals surface area contributed by atoms with Gasteiger partial charge in [0.05, 0.1) is 26.4 Å². The maximum atomic E-state index is 12.0. The lowest BCUT2D eigenvalue weighted by Crippen LogP contribution is -2.23. The second kappa shape index (κ2) is 11.9. The van der Waals surface area contributed by atoms with Gasteiger partial charge >= 0.3 is 5.97 Å². The summed E-state index contributed by atoms with van der Waals surface area (Å²) in [6.07, 6.45) is 8.21. The summed E-state index contributed by atoms with van der Waals surface area (Å²) in [5, 5.41) is 0. The Morgan fingerprint density at radius 1 is 1.28 bits per heavy atom. The average Bonchev–Trinajstić information content (AvgIpc) is 3.19. The Morgan fingerprint density at radius 3 is 2.88 bits per heavy atom. The van der Waals surface area contributed by atoms with Crippen molar-refractivity contribution in [3.05, 3.63) is 47.4 Å². The molecule has 32 heavy (non-hydrogen) atoms. The minimum atomic E-state index is -0.188. The first-order valence-electron chi connectivity index (χ1n) is 11.6. The second-order valence-corrected chi connectivity index (χ2v) is 8.26. The highest BCUT2D eigenvalue weighted by molar-refractivity contribution is 5.88. The molecule has 0 saturated heterocycles. The predicted octanol–water partition coefficient (Wildman–Crippen LogP) is 6.02. The number of carbonyl (C=O) groups excluding carboxylic acids is 1. The Bertz CT molecular complexity index is 917. The van der Waals surface area contributed by atoms with E-state index in [1.807, 2.05) is 45.0 Å². The Hall–Kier alpha value is -2.60.